The molecule has 0 radical (unpaired) electrons. The van der Waals surface area contributed by atoms with Crippen LogP contribution in [0.15, 0.2) is 48.5 Å². The Morgan fingerprint density at radius 1 is 1.08 bits per heavy atom. The van der Waals surface area contributed by atoms with Gasteiger partial charge in [0.1, 0.15) is 5.82 Å². The van der Waals surface area contributed by atoms with Gasteiger partial charge in [-0.05, 0) is 29.8 Å². The van der Waals surface area contributed by atoms with Crippen molar-refractivity contribution >= 4 is 11.6 Å². The van der Waals surface area contributed by atoms with Gasteiger partial charge in [0.05, 0.1) is 11.6 Å². The molecule has 0 spiro atoms. The lowest BCUT2D eigenvalue weighted by molar-refractivity contribution is -0.137. The zero-order valence-corrected chi connectivity index (χ0v) is 12.9. The highest BCUT2D eigenvalue weighted by molar-refractivity contribution is 6.30. The van der Waals surface area contributed by atoms with Crippen LogP contribution in [0, 0.1) is 0 Å². The van der Waals surface area contributed by atoms with Crippen LogP contribution in [-0.2, 0) is 6.18 Å². The Morgan fingerprint density at radius 2 is 1.79 bits per heavy atom. The number of halogens is 4. The van der Waals surface area contributed by atoms with Crippen LogP contribution in [0.25, 0.3) is 11.4 Å². The molecule has 8 heteroatoms. The normalized spacial score (nSPS) is 13.0. The van der Waals surface area contributed by atoms with Gasteiger partial charge in [-0.25, -0.2) is 4.98 Å². The van der Waals surface area contributed by atoms with E-state index in [9.17, 15) is 13.2 Å². The number of alkyl halides is 3. The van der Waals surface area contributed by atoms with Crippen LogP contribution in [0.3, 0.4) is 0 Å². The first-order valence-electron chi connectivity index (χ1n) is 6.95. The lowest BCUT2D eigenvalue weighted by Crippen LogP contribution is -2.13. The number of nitrogens with two attached hydrogens (primary N) is 1. The molecule has 124 valence electrons. The van der Waals surface area contributed by atoms with Crippen molar-refractivity contribution in [3.05, 3.63) is 70.5 Å². The van der Waals surface area contributed by atoms with Gasteiger partial charge >= 0.3 is 6.18 Å². The summed E-state index contributed by atoms with van der Waals surface area (Å²) in [4.78, 5) is 4.21. The maximum Gasteiger partial charge on any atom is 0.416 e. The Morgan fingerprint density at radius 3 is 2.46 bits per heavy atom. The van der Waals surface area contributed by atoms with Crippen molar-refractivity contribution in [1.29, 1.82) is 0 Å². The molecule has 0 bridgehead atoms. The third-order valence-corrected chi connectivity index (χ3v) is 3.73. The maximum atomic E-state index is 12.8. The van der Waals surface area contributed by atoms with E-state index in [4.69, 9.17) is 17.3 Å². The third-order valence-electron chi connectivity index (χ3n) is 3.47. The van der Waals surface area contributed by atoms with E-state index in [0.717, 1.165) is 17.7 Å². The molecule has 24 heavy (non-hydrogen) atoms. The molecule has 0 aliphatic rings. The number of H-pyrrole nitrogens is 1. The Balaban J connectivity index is 1.89. The lowest BCUT2D eigenvalue weighted by atomic mass is 10.1. The molecule has 0 aliphatic carbocycles. The van der Waals surface area contributed by atoms with Crippen molar-refractivity contribution in [2.24, 2.45) is 5.73 Å². The molecule has 1 aromatic heterocycles. The number of nitrogens with zero attached hydrogens (tertiary/aromatic N) is 2. The standard InChI is InChI=1S/C16H12ClF3N4/c17-12-6-4-9(5-7-12)13(21)15-22-14(23-24-15)10-2-1-3-11(8-10)16(18,19)20/h1-8,13H,21H2,(H,22,23,24). The van der Waals surface area contributed by atoms with Crippen molar-refractivity contribution in [2.75, 3.05) is 0 Å². The van der Waals surface area contributed by atoms with Gasteiger partial charge in [-0.2, -0.15) is 18.3 Å². The highest BCUT2D eigenvalue weighted by Gasteiger charge is 2.30. The number of hydrogen-bond donors (Lipinski definition) is 2. The Bertz CT molecular complexity index is 843. The summed E-state index contributed by atoms with van der Waals surface area (Å²) in [6.45, 7) is 0. The Kier molecular flexibility index (Phi) is 4.29. The van der Waals surface area contributed by atoms with Crippen molar-refractivity contribution in [2.45, 2.75) is 12.2 Å². The van der Waals surface area contributed by atoms with Gasteiger partial charge in [0.25, 0.3) is 0 Å². The predicted molar refractivity (Wildman–Crippen MR) is 84.3 cm³/mol. The van der Waals surface area contributed by atoms with E-state index in [0.29, 0.717) is 10.8 Å². The molecule has 0 aliphatic heterocycles. The Hall–Kier alpha value is -2.38. The van der Waals surface area contributed by atoms with Crippen LogP contribution in [0.5, 0.6) is 0 Å². The van der Waals surface area contributed by atoms with Crippen molar-refractivity contribution in [3.8, 4) is 11.4 Å². The van der Waals surface area contributed by atoms with Crippen molar-refractivity contribution < 1.29 is 13.2 Å². The van der Waals surface area contributed by atoms with E-state index in [1.807, 2.05) is 0 Å². The summed E-state index contributed by atoms with van der Waals surface area (Å²) >= 11 is 5.83. The van der Waals surface area contributed by atoms with Crippen LogP contribution >= 0.6 is 11.6 Å². The topological polar surface area (TPSA) is 67.6 Å². The highest BCUT2D eigenvalue weighted by atomic mass is 35.5. The summed E-state index contributed by atoms with van der Waals surface area (Å²) in [6, 6.07) is 11.1. The predicted octanol–water partition coefficient (Wildman–Crippen LogP) is 4.19. The fourth-order valence-corrected chi connectivity index (χ4v) is 2.33. The Labute approximate surface area is 140 Å². The molecule has 0 fully saturated rings. The van der Waals surface area contributed by atoms with Crippen LogP contribution in [0.4, 0.5) is 13.2 Å². The summed E-state index contributed by atoms with van der Waals surface area (Å²) in [5.74, 6) is 0.505. The zero-order chi connectivity index (χ0) is 17.3. The molecule has 1 heterocycles. The second kappa shape index (κ2) is 6.26. The quantitative estimate of drug-likeness (QED) is 0.742. The molecule has 4 nitrogen and oxygen atoms in total. The zero-order valence-electron chi connectivity index (χ0n) is 12.2. The highest BCUT2D eigenvalue weighted by Crippen LogP contribution is 2.31. The van der Waals surface area contributed by atoms with E-state index in [2.05, 4.69) is 15.2 Å². The number of benzene rings is 2. The average Bonchev–Trinajstić information content (AvgIpc) is 3.04. The number of rotatable bonds is 3. The van der Waals surface area contributed by atoms with Gasteiger partial charge in [-0.3, -0.25) is 5.10 Å². The minimum absolute atomic E-state index is 0.153. The van der Waals surface area contributed by atoms with E-state index in [1.54, 1.807) is 24.3 Å². The molecule has 1 atom stereocenters. The molecule has 0 saturated heterocycles. The molecule has 0 amide bonds. The van der Waals surface area contributed by atoms with Gasteiger partial charge in [0.2, 0.25) is 0 Å². The number of hydrogen-bond acceptors (Lipinski definition) is 3. The van der Waals surface area contributed by atoms with Crippen LogP contribution in [0.2, 0.25) is 5.02 Å². The summed E-state index contributed by atoms with van der Waals surface area (Å²) in [6.07, 6.45) is -4.42. The third kappa shape index (κ3) is 3.42. The van der Waals surface area contributed by atoms with Gasteiger partial charge < -0.3 is 5.73 Å². The van der Waals surface area contributed by atoms with Gasteiger partial charge in [0, 0.05) is 10.6 Å². The maximum absolute atomic E-state index is 12.8. The smallest absolute Gasteiger partial charge is 0.318 e. The first-order valence-corrected chi connectivity index (χ1v) is 7.33. The van der Waals surface area contributed by atoms with Crippen LogP contribution in [0.1, 0.15) is 23.0 Å². The molecule has 3 aromatic rings. The first-order chi connectivity index (χ1) is 11.3. The van der Waals surface area contributed by atoms with Crippen LogP contribution in [-0.4, -0.2) is 15.2 Å². The summed E-state index contributed by atoms with van der Waals surface area (Å²) in [5.41, 5.74) is 6.36. The summed E-state index contributed by atoms with van der Waals surface area (Å²) in [7, 11) is 0. The minimum Gasteiger partial charge on any atom is -0.318 e. The average molecular weight is 353 g/mol. The van der Waals surface area contributed by atoms with Crippen molar-refractivity contribution in [1.82, 2.24) is 15.2 Å². The lowest BCUT2D eigenvalue weighted by Gasteiger charge is -2.08. The molecular formula is C16H12ClF3N4. The van der Waals surface area contributed by atoms with E-state index in [-0.39, 0.29) is 11.4 Å². The fourth-order valence-electron chi connectivity index (χ4n) is 2.21. The van der Waals surface area contributed by atoms with Gasteiger partial charge in [-0.1, -0.05) is 35.9 Å². The second-order valence-corrected chi connectivity index (χ2v) is 5.59. The largest absolute Gasteiger partial charge is 0.416 e. The monoisotopic (exact) mass is 352 g/mol. The first kappa shape index (κ1) is 16.5. The van der Waals surface area contributed by atoms with Crippen molar-refractivity contribution in [3.63, 3.8) is 0 Å². The molecule has 3 N–H and O–H groups in total. The van der Waals surface area contributed by atoms with Crippen LogP contribution < -0.4 is 5.73 Å². The SMILES string of the molecule is NC(c1ccc(Cl)cc1)c1nc(-c2cccc(C(F)(F)F)c2)n[nH]1. The molecule has 1 unspecified atom stereocenters. The number of nitrogens with one attached hydrogen (secondary N) is 1. The molecule has 3 rings (SSSR count). The van der Waals surface area contributed by atoms with E-state index in [1.165, 1.54) is 12.1 Å². The number of aromatic nitrogens is 3. The summed E-state index contributed by atoms with van der Waals surface area (Å²) < 4.78 is 38.4. The number of aromatic amines is 1. The molecular weight excluding hydrogens is 341 g/mol. The van der Waals surface area contributed by atoms with Gasteiger partial charge in [0.15, 0.2) is 5.82 Å². The molecule has 2 aromatic carbocycles. The van der Waals surface area contributed by atoms with Gasteiger partial charge in [-0.15, -0.1) is 0 Å². The van der Waals surface area contributed by atoms with E-state index >= 15 is 0 Å². The minimum atomic E-state index is -4.42. The molecule has 0 saturated carbocycles. The fraction of sp³-hybridized carbons (Fsp3) is 0.125. The summed E-state index contributed by atoms with van der Waals surface area (Å²) in [5, 5.41) is 7.22. The second-order valence-electron chi connectivity index (χ2n) is 5.15. The van der Waals surface area contributed by atoms with E-state index < -0.39 is 17.8 Å².